The Bertz CT molecular complexity index is 517. The smallest absolute Gasteiger partial charge is 0.227 e. The summed E-state index contributed by atoms with van der Waals surface area (Å²) in [5.74, 6) is 1.78. The summed E-state index contributed by atoms with van der Waals surface area (Å²) < 4.78 is 19.4. The number of ether oxygens (including phenoxy) is 3. The summed E-state index contributed by atoms with van der Waals surface area (Å²) in [6, 6.07) is 0. The number of nitrogens with zero attached hydrogens (tertiary/aromatic N) is 4. The normalized spacial score (nSPS) is 26.4. The maximum Gasteiger partial charge on any atom is 0.227 e. The molecule has 2 aliphatic rings. The average Bonchev–Trinajstić information content (AvgIpc) is 3.14. The molecule has 3 rings (SSSR count). The fourth-order valence-electron chi connectivity index (χ4n) is 3.60. The maximum atomic E-state index is 6.21. The van der Waals surface area contributed by atoms with Crippen LogP contribution in [0.3, 0.4) is 0 Å². The Labute approximate surface area is 137 Å². The molecule has 2 aliphatic heterocycles. The van der Waals surface area contributed by atoms with Gasteiger partial charge < -0.3 is 19.1 Å². The van der Waals surface area contributed by atoms with Crippen molar-refractivity contribution in [1.82, 2.24) is 14.8 Å². The van der Waals surface area contributed by atoms with Gasteiger partial charge in [-0.25, -0.2) is 0 Å². The Morgan fingerprint density at radius 1 is 1.26 bits per heavy atom. The SMILES string of the molecule is COC1CCN(c2nnc(C3(OC(C)C)CCOC3)n2C)CC1. The van der Waals surface area contributed by atoms with Gasteiger partial charge in [0.15, 0.2) is 11.4 Å². The molecule has 2 fully saturated rings. The summed E-state index contributed by atoms with van der Waals surface area (Å²) in [7, 11) is 3.81. The van der Waals surface area contributed by atoms with Gasteiger partial charge in [0.1, 0.15) is 0 Å². The topological polar surface area (TPSA) is 61.6 Å². The van der Waals surface area contributed by atoms with Gasteiger partial charge in [0.05, 0.1) is 25.4 Å². The van der Waals surface area contributed by atoms with E-state index < -0.39 is 5.60 Å². The molecular formula is C16H28N4O3. The van der Waals surface area contributed by atoms with Crippen molar-refractivity contribution in [2.24, 2.45) is 7.05 Å². The fourth-order valence-corrected chi connectivity index (χ4v) is 3.60. The second-order valence-electron chi connectivity index (χ2n) is 6.77. The van der Waals surface area contributed by atoms with E-state index in [1.54, 1.807) is 7.11 Å². The lowest BCUT2D eigenvalue weighted by Crippen LogP contribution is -2.39. The minimum atomic E-state index is -0.473. The summed E-state index contributed by atoms with van der Waals surface area (Å²) in [4.78, 5) is 2.28. The average molecular weight is 324 g/mol. The van der Waals surface area contributed by atoms with E-state index in [0.29, 0.717) is 19.3 Å². The Balaban J connectivity index is 1.81. The van der Waals surface area contributed by atoms with E-state index in [0.717, 1.165) is 44.1 Å². The minimum absolute atomic E-state index is 0.120. The molecule has 0 bridgehead atoms. The highest BCUT2D eigenvalue weighted by molar-refractivity contribution is 5.33. The first kappa shape index (κ1) is 16.7. The van der Waals surface area contributed by atoms with Crippen molar-refractivity contribution in [1.29, 1.82) is 0 Å². The summed E-state index contributed by atoms with van der Waals surface area (Å²) >= 11 is 0. The first-order valence-electron chi connectivity index (χ1n) is 8.49. The van der Waals surface area contributed by atoms with Crippen LogP contribution < -0.4 is 4.90 Å². The van der Waals surface area contributed by atoms with E-state index in [2.05, 4.69) is 19.7 Å². The lowest BCUT2D eigenvalue weighted by atomic mass is 10.0. The molecule has 0 aliphatic carbocycles. The molecule has 1 unspecified atom stereocenters. The first-order chi connectivity index (χ1) is 11.1. The molecule has 0 N–H and O–H groups in total. The van der Waals surface area contributed by atoms with E-state index in [-0.39, 0.29) is 6.10 Å². The zero-order valence-electron chi connectivity index (χ0n) is 14.6. The van der Waals surface area contributed by atoms with Crippen LogP contribution in [0.1, 0.15) is 38.9 Å². The van der Waals surface area contributed by atoms with Crippen LogP contribution in [0.4, 0.5) is 5.95 Å². The van der Waals surface area contributed by atoms with Gasteiger partial charge in [-0.05, 0) is 26.7 Å². The lowest BCUT2D eigenvalue weighted by Gasteiger charge is -2.32. The minimum Gasteiger partial charge on any atom is -0.381 e. The van der Waals surface area contributed by atoms with Crippen LogP contribution in [0.5, 0.6) is 0 Å². The third kappa shape index (κ3) is 3.22. The third-order valence-electron chi connectivity index (χ3n) is 4.76. The van der Waals surface area contributed by atoms with Gasteiger partial charge in [-0.2, -0.15) is 0 Å². The molecule has 0 aromatic carbocycles. The van der Waals surface area contributed by atoms with E-state index >= 15 is 0 Å². The van der Waals surface area contributed by atoms with E-state index in [4.69, 9.17) is 14.2 Å². The summed E-state index contributed by atoms with van der Waals surface area (Å²) in [5, 5.41) is 8.92. The van der Waals surface area contributed by atoms with Crippen LogP contribution in [0.25, 0.3) is 0 Å². The number of hydrogen-bond donors (Lipinski definition) is 0. The molecular weight excluding hydrogens is 296 g/mol. The van der Waals surface area contributed by atoms with Crippen LogP contribution in [0.2, 0.25) is 0 Å². The largest absolute Gasteiger partial charge is 0.381 e. The third-order valence-corrected chi connectivity index (χ3v) is 4.76. The lowest BCUT2D eigenvalue weighted by molar-refractivity contribution is -0.0941. The molecule has 23 heavy (non-hydrogen) atoms. The van der Waals surface area contributed by atoms with Gasteiger partial charge >= 0.3 is 0 Å². The monoisotopic (exact) mass is 324 g/mol. The number of anilines is 1. The van der Waals surface area contributed by atoms with Crippen LogP contribution in [0, 0.1) is 0 Å². The van der Waals surface area contributed by atoms with Crippen molar-refractivity contribution in [3.05, 3.63) is 5.82 Å². The van der Waals surface area contributed by atoms with Gasteiger partial charge in [0.2, 0.25) is 5.95 Å². The van der Waals surface area contributed by atoms with Crippen molar-refractivity contribution >= 4 is 5.95 Å². The molecule has 1 aromatic heterocycles. The highest BCUT2D eigenvalue weighted by atomic mass is 16.6. The summed E-state index contributed by atoms with van der Waals surface area (Å²) in [5.41, 5.74) is -0.473. The van der Waals surface area contributed by atoms with Gasteiger partial charge in [-0.3, -0.25) is 4.57 Å². The van der Waals surface area contributed by atoms with Gasteiger partial charge in [-0.15, -0.1) is 10.2 Å². The zero-order chi connectivity index (χ0) is 16.4. The molecule has 0 radical (unpaired) electrons. The maximum absolute atomic E-state index is 6.21. The van der Waals surface area contributed by atoms with Crippen molar-refractivity contribution in [2.75, 3.05) is 38.3 Å². The van der Waals surface area contributed by atoms with E-state index in [9.17, 15) is 0 Å². The van der Waals surface area contributed by atoms with Crippen molar-refractivity contribution < 1.29 is 14.2 Å². The highest BCUT2D eigenvalue weighted by Gasteiger charge is 2.43. The predicted octanol–water partition coefficient (Wildman–Crippen LogP) is 1.47. The van der Waals surface area contributed by atoms with Crippen LogP contribution in [-0.2, 0) is 26.9 Å². The molecule has 0 spiro atoms. The molecule has 3 heterocycles. The molecule has 7 nitrogen and oxygen atoms in total. The Kier molecular flexibility index (Phi) is 4.89. The molecule has 7 heteroatoms. The molecule has 2 saturated heterocycles. The second-order valence-corrected chi connectivity index (χ2v) is 6.77. The van der Waals surface area contributed by atoms with Gasteiger partial charge in [0, 0.05) is 33.7 Å². The van der Waals surface area contributed by atoms with Gasteiger partial charge in [-0.1, -0.05) is 0 Å². The van der Waals surface area contributed by atoms with Crippen LogP contribution >= 0.6 is 0 Å². The number of piperidine rings is 1. The molecule has 0 saturated carbocycles. The van der Waals surface area contributed by atoms with Crippen molar-refractivity contribution in [2.45, 2.75) is 50.9 Å². The number of hydrogen-bond acceptors (Lipinski definition) is 6. The predicted molar refractivity (Wildman–Crippen MR) is 86.6 cm³/mol. The number of aromatic nitrogens is 3. The fraction of sp³-hybridized carbons (Fsp3) is 0.875. The van der Waals surface area contributed by atoms with E-state index in [1.807, 2.05) is 20.9 Å². The molecule has 1 atom stereocenters. The Morgan fingerprint density at radius 3 is 2.57 bits per heavy atom. The molecule has 130 valence electrons. The number of rotatable bonds is 5. The molecule has 1 aromatic rings. The first-order valence-corrected chi connectivity index (χ1v) is 8.49. The van der Waals surface area contributed by atoms with Crippen molar-refractivity contribution in [3.8, 4) is 0 Å². The summed E-state index contributed by atoms with van der Waals surface area (Å²) in [6.07, 6.45) is 3.35. The van der Waals surface area contributed by atoms with Crippen molar-refractivity contribution in [3.63, 3.8) is 0 Å². The Morgan fingerprint density at radius 2 is 2.00 bits per heavy atom. The quantitative estimate of drug-likeness (QED) is 0.817. The highest BCUT2D eigenvalue weighted by Crippen LogP contribution is 2.36. The van der Waals surface area contributed by atoms with E-state index in [1.165, 1.54) is 0 Å². The standard InChI is InChI=1S/C16H28N4O3/c1-12(2)23-16(7-10-22-11-16)14-17-18-15(19(14)3)20-8-5-13(21-4)6-9-20/h12-13H,5-11H2,1-4H3. The van der Waals surface area contributed by atoms with Crippen LogP contribution in [0.15, 0.2) is 0 Å². The number of methoxy groups -OCH3 is 1. The molecule has 0 amide bonds. The zero-order valence-corrected chi connectivity index (χ0v) is 14.6. The van der Waals surface area contributed by atoms with Gasteiger partial charge in [0.25, 0.3) is 0 Å². The second kappa shape index (κ2) is 6.75. The Hall–Kier alpha value is -1.18. The van der Waals surface area contributed by atoms with Crippen LogP contribution in [-0.4, -0.2) is 60.4 Å². The summed E-state index contributed by atoms with van der Waals surface area (Å²) in [6.45, 7) is 7.23.